The van der Waals surface area contributed by atoms with Gasteiger partial charge in [0.05, 0.1) is 6.04 Å². The zero-order valence-electron chi connectivity index (χ0n) is 11.0. The van der Waals surface area contributed by atoms with E-state index in [0.717, 1.165) is 5.01 Å². The second kappa shape index (κ2) is 7.20. The van der Waals surface area contributed by atoms with E-state index < -0.39 is 5.97 Å². The molecule has 1 heterocycles. The van der Waals surface area contributed by atoms with Gasteiger partial charge in [-0.15, -0.1) is 11.3 Å². The van der Waals surface area contributed by atoms with Gasteiger partial charge in [0.1, 0.15) is 10.7 Å². The van der Waals surface area contributed by atoms with Gasteiger partial charge in [0.2, 0.25) is 0 Å². The predicted octanol–water partition coefficient (Wildman–Crippen LogP) is 1.39. The summed E-state index contributed by atoms with van der Waals surface area (Å²) in [5.41, 5.74) is 6.04. The lowest BCUT2D eigenvalue weighted by Crippen LogP contribution is -2.28. The topological polar surface area (TPSA) is 105 Å². The van der Waals surface area contributed by atoms with Crippen LogP contribution in [0.2, 0.25) is 0 Å². The number of nitrogens with two attached hydrogens (primary N) is 1. The van der Waals surface area contributed by atoms with E-state index in [-0.39, 0.29) is 24.3 Å². The van der Waals surface area contributed by atoms with Gasteiger partial charge in [0.15, 0.2) is 0 Å². The highest BCUT2D eigenvalue weighted by Crippen LogP contribution is 2.15. The van der Waals surface area contributed by atoms with Gasteiger partial charge in [-0.3, -0.25) is 9.59 Å². The number of amides is 1. The van der Waals surface area contributed by atoms with Gasteiger partial charge in [-0.25, -0.2) is 4.98 Å². The minimum atomic E-state index is -0.820. The molecule has 0 aliphatic carbocycles. The van der Waals surface area contributed by atoms with Gasteiger partial charge in [0.25, 0.3) is 5.91 Å². The van der Waals surface area contributed by atoms with E-state index in [0.29, 0.717) is 18.7 Å². The van der Waals surface area contributed by atoms with Crippen molar-refractivity contribution in [1.82, 2.24) is 10.3 Å². The van der Waals surface area contributed by atoms with Gasteiger partial charge in [-0.05, 0) is 19.3 Å². The standard InChI is InChI=1S/C12H19N3O3S/c1-7(3-4-10(16)17)5-14-11(18)9-6-19-12(15-9)8(2)13/h6-8H,3-5,13H2,1-2H3,(H,14,18)(H,16,17). The maximum atomic E-state index is 11.8. The molecule has 0 saturated carbocycles. The van der Waals surface area contributed by atoms with E-state index in [9.17, 15) is 9.59 Å². The highest BCUT2D eigenvalue weighted by Gasteiger charge is 2.13. The number of rotatable bonds is 7. The number of aromatic nitrogens is 1. The first-order valence-electron chi connectivity index (χ1n) is 6.11. The van der Waals surface area contributed by atoms with Crippen LogP contribution in [0.5, 0.6) is 0 Å². The van der Waals surface area contributed by atoms with Crippen molar-refractivity contribution in [3.8, 4) is 0 Å². The zero-order chi connectivity index (χ0) is 14.4. The van der Waals surface area contributed by atoms with Crippen molar-refractivity contribution in [3.05, 3.63) is 16.1 Å². The normalized spacial score (nSPS) is 13.8. The molecule has 0 saturated heterocycles. The summed E-state index contributed by atoms with van der Waals surface area (Å²) in [5.74, 6) is -0.948. The number of carbonyl (C=O) groups excluding carboxylic acids is 1. The molecule has 0 aliphatic rings. The Morgan fingerprint density at radius 2 is 2.21 bits per heavy atom. The first-order valence-corrected chi connectivity index (χ1v) is 6.99. The van der Waals surface area contributed by atoms with Crippen molar-refractivity contribution in [2.75, 3.05) is 6.54 Å². The molecular weight excluding hydrogens is 266 g/mol. The van der Waals surface area contributed by atoms with Gasteiger partial charge < -0.3 is 16.2 Å². The van der Waals surface area contributed by atoms with Crippen LogP contribution in [0.4, 0.5) is 0 Å². The Hall–Kier alpha value is -1.47. The molecule has 0 aromatic carbocycles. The van der Waals surface area contributed by atoms with Crippen LogP contribution in [0.15, 0.2) is 5.38 Å². The number of aliphatic carboxylic acids is 1. The fourth-order valence-corrected chi connectivity index (χ4v) is 2.19. The molecule has 1 aromatic heterocycles. The van der Waals surface area contributed by atoms with E-state index in [1.165, 1.54) is 11.3 Å². The van der Waals surface area contributed by atoms with Crippen molar-refractivity contribution < 1.29 is 14.7 Å². The van der Waals surface area contributed by atoms with E-state index in [1.54, 1.807) is 5.38 Å². The lowest BCUT2D eigenvalue weighted by atomic mass is 10.1. The van der Waals surface area contributed by atoms with Crippen molar-refractivity contribution in [3.63, 3.8) is 0 Å². The third-order valence-electron chi connectivity index (χ3n) is 2.61. The number of carboxylic acids is 1. The van der Waals surface area contributed by atoms with Gasteiger partial charge in [0, 0.05) is 18.3 Å². The number of nitrogens with one attached hydrogen (secondary N) is 1. The molecule has 19 heavy (non-hydrogen) atoms. The molecule has 7 heteroatoms. The monoisotopic (exact) mass is 285 g/mol. The van der Waals surface area contributed by atoms with Crippen LogP contribution in [-0.4, -0.2) is 28.5 Å². The summed E-state index contributed by atoms with van der Waals surface area (Å²) in [6.07, 6.45) is 0.653. The minimum Gasteiger partial charge on any atom is -0.481 e. The second-order valence-corrected chi connectivity index (χ2v) is 5.50. The number of carbonyl (C=O) groups is 2. The van der Waals surface area contributed by atoms with Crippen molar-refractivity contribution in [2.24, 2.45) is 11.7 Å². The Labute approximate surface area is 116 Å². The first kappa shape index (κ1) is 15.6. The van der Waals surface area contributed by atoms with Crippen molar-refractivity contribution in [1.29, 1.82) is 0 Å². The Kier molecular flexibility index (Phi) is 5.91. The molecule has 0 bridgehead atoms. The SMILES string of the molecule is CC(CCC(=O)O)CNC(=O)c1csc(C(C)N)n1. The molecule has 4 N–H and O–H groups in total. The van der Waals surface area contributed by atoms with E-state index in [4.69, 9.17) is 10.8 Å². The Bertz CT molecular complexity index is 445. The maximum absolute atomic E-state index is 11.8. The van der Waals surface area contributed by atoms with Gasteiger partial charge >= 0.3 is 5.97 Å². The van der Waals surface area contributed by atoms with Crippen molar-refractivity contribution in [2.45, 2.75) is 32.7 Å². The van der Waals surface area contributed by atoms with E-state index >= 15 is 0 Å². The predicted molar refractivity (Wildman–Crippen MR) is 73.1 cm³/mol. The molecule has 6 nitrogen and oxygen atoms in total. The summed E-state index contributed by atoms with van der Waals surface area (Å²) in [4.78, 5) is 26.4. The molecular formula is C12H19N3O3S. The average Bonchev–Trinajstić information content (AvgIpc) is 2.83. The third kappa shape index (κ3) is 5.35. The fraction of sp³-hybridized carbons (Fsp3) is 0.583. The third-order valence-corrected chi connectivity index (χ3v) is 3.65. The van der Waals surface area contributed by atoms with Gasteiger partial charge in [-0.1, -0.05) is 6.92 Å². The molecule has 0 radical (unpaired) electrons. The van der Waals surface area contributed by atoms with Crippen LogP contribution in [0.1, 0.15) is 48.2 Å². The zero-order valence-corrected chi connectivity index (χ0v) is 11.9. The quantitative estimate of drug-likeness (QED) is 0.702. The number of hydrogen-bond acceptors (Lipinski definition) is 5. The van der Waals surface area contributed by atoms with Crippen LogP contribution in [0.25, 0.3) is 0 Å². The van der Waals surface area contributed by atoms with Crippen LogP contribution in [-0.2, 0) is 4.79 Å². The van der Waals surface area contributed by atoms with E-state index in [2.05, 4.69) is 10.3 Å². The van der Waals surface area contributed by atoms with E-state index in [1.807, 2.05) is 13.8 Å². The minimum absolute atomic E-state index is 0.114. The summed E-state index contributed by atoms with van der Waals surface area (Å²) in [6.45, 7) is 4.16. The lowest BCUT2D eigenvalue weighted by Gasteiger charge is -2.10. The lowest BCUT2D eigenvalue weighted by molar-refractivity contribution is -0.137. The van der Waals surface area contributed by atoms with Crippen LogP contribution in [0.3, 0.4) is 0 Å². The summed E-state index contributed by atoms with van der Waals surface area (Å²) >= 11 is 1.36. The first-order chi connectivity index (χ1) is 8.90. The van der Waals surface area contributed by atoms with Crippen LogP contribution in [0, 0.1) is 5.92 Å². The number of thiazole rings is 1. The Balaban J connectivity index is 2.40. The summed E-state index contributed by atoms with van der Waals surface area (Å²) < 4.78 is 0. The second-order valence-electron chi connectivity index (χ2n) is 4.61. The molecule has 0 spiro atoms. The highest BCUT2D eigenvalue weighted by molar-refractivity contribution is 7.09. The molecule has 2 atom stereocenters. The molecule has 0 fully saturated rings. The van der Waals surface area contributed by atoms with Crippen molar-refractivity contribution >= 4 is 23.2 Å². The van der Waals surface area contributed by atoms with Crippen LogP contribution < -0.4 is 11.1 Å². The Morgan fingerprint density at radius 1 is 1.53 bits per heavy atom. The Morgan fingerprint density at radius 3 is 2.74 bits per heavy atom. The van der Waals surface area contributed by atoms with Crippen LogP contribution >= 0.6 is 11.3 Å². The summed E-state index contributed by atoms with van der Waals surface area (Å²) in [6, 6.07) is -0.180. The number of hydrogen-bond donors (Lipinski definition) is 3. The molecule has 1 aromatic rings. The number of carboxylic acid groups (broad SMARTS) is 1. The summed E-state index contributed by atoms with van der Waals surface area (Å²) in [5, 5.41) is 13.7. The molecule has 0 aliphatic heterocycles. The molecule has 2 unspecified atom stereocenters. The largest absolute Gasteiger partial charge is 0.481 e. The van der Waals surface area contributed by atoms with Gasteiger partial charge in [-0.2, -0.15) is 0 Å². The molecule has 106 valence electrons. The molecule has 1 amide bonds. The highest BCUT2D eigenvalue weighted by atomic mass is 32.1. The molecule has 1 rings (SSSR count). The average molecular weight is 285 g/mol. The number of nitrogens with zero attached hydrogens (tertiary/aromatic N) is 1. The summed E-state index contributed by atoms with van der Waals surface area (Å²) in [7, 11) is 0. The smallest absolute Gasteiger partial charge is 0.303 e. The maximum Gasteiger partial charge on any atom is 0.303 e. The fourth-order valence-electron chi connectivity index (χ4n) is 1.43.